The van der Waals surface area contributed by atoms with Gasteiger partial charge in [0.25, 0.3) is 5.91 Å². The van der Waals surface area contributed by atoms with Crippen molar-refractivity contribution in [3.63, 3.8) is 0 Å². The lowest BCUT2D eigenvalue weighted by Gasteiger charge is -2.33. The van der Waals surface area contributed by atoms with Crippen LogP contribution in [0.15, 0.2) is 23.6 Å². The Balaban J connectivity index is 1.19. The summed E-state index contributed by atoms with van der Waals surface area (Å²) in [5.74, 6) is 0.660. The fourth-order valence-electron chi connectivity index (χ4n) is 3.28. The van der Waals surface area contributed by atoms with Gasteiger partial charge in [-0.05, 0) is 37.1 Å². The zero-order valence-corrected chi connectivity index (χ0v) is 15.6. The predicted molar refractivity (Wildman–Crippen MR) is 99.6 cm³/mol. The molecule has 1 atom stereocenters. The highest BCUT2D eigenvalue weighted by Crippen LogP contribution is 2.38. The van der Waals surface area contributed by atoms with E-state index in [1.807, 2.05) is 23.6 Å². The number of nitrogens with one attached hydrogen (secondary N) is 3. The number of rotatable bonds is 6. The Labute approximate surface area is 160 Å². The van der Waals surface area contributed by atoms with Crippen LogP contribution in [0.3, 0.4) is 0 Å². The summed E-state index contributed by atoms with van der Waals surface area (Å²) < 4.78 is 10.8. The number of H-pyrrole nitrogens is 1. The first-order valence-corrected chi connectivity index (χ1v) is 10.00. The maximum Gasteiger partial charge on any atom is 0.407 e. The Bertz CT molecular complexity index is 779. The van der Waals surface area contributed by atoms with Crippen LogP contribution in [0.4, 0.5) is 10.6 Å². The van der Waals surface area contributed by atoms with Crippen LogP contribution in [0.1, 0.15) is 42.2 Å². The van der Waals surface area contributed by atoms with Crippen LogP contribution < -0.4 is 10.6 Å². The molecule has 1 saturated heterocycles. The van der Waals surface area contributed by atoms with E-state index in [1.54, 1.807) is 11.3 Å². The number of carbonyl (C=O) groups is 2. The van der Waals surface area contributed by atoms with Crippen LogP contribution >= 0.6 is 11.3 Å². The van der Waals surface area contributed by atoms with E-state index in [2.05, 4.69) is 20.8 Å². The van der Waals surface area contributed by atoms with E-state index in [9.17, 15) is 9.59 Å². The molecule has 144 valence electrons. The molecule has 2 aromatic heterocycles. The van der Waals surface area contributed by atoms with Crippen LogP contribution in [0, 0.1) is 0 Å². The molecule has 0 unspecified atom stereocenters. The maximum absolute atomic E-state index is 12.0. The number of aromatic nitrogens is 2. The van der Waals surface area contributed by atoms with Crippen LogP contribution in [0.5, 0.6) is 0 Å². The molecule has 4 rings (SSSR count). The first kappa shape index (κ1) is 18.0. The molecular weight excluding hydrogens is 368 g/mol. The summed E-state index contributed by atoms with van der Waals surface area (Å²) in [5.41, 5.74) is 0.872. The molecule has 1 aliphatic carbocycles. The number of nitrogens with zero attached hydrogens (tertiary/aromatic N) is 1. The zero-order valence-electron chi connectivity index (χ0n) is 14.8. The molecular formula is C18H22N4O4S. The maximum atomic E-state index is 12.0. The molecule has 8 nitrogen and oxygen atoms in total. The van der Waals surface area contributed by atoms with E-state index < -0.39 is 6.09 Å². The third kappa shape index (κ3) is 4.48. The zero-order chi connectivity index (χ0) is 18.6. The second kappa shape index (κ2) is 8.10. The molecule has 1 aliphatic heterocycles. The van der Waals surface area contributed by atoms with Crippen molar-refractivity contribution in [2.75, 3.05) is 11.9 Å². The first-order chi connectivity index (χ1) is 13.2. The summed E-state index contributed by atoms with van der Waals surface area (Å²) in [6.45, 7) is 1.12. The number of thiophene rings is 1. The van der Waals surface area contributed by atoms with E-state index in [4.69, 9.17) is 9.47 Å². The van der Waals surface area contributed by atoms with Crippen LogP contribution in [0.2, 0.25) is 0 Å². The van der Waals surface area contributed by atoms with Gasteiger partial charge in [-0.15, -0.1) is 11.3 Å². The molecule has 27 heavy (non-hydrogen) atoms. The lowest BCUT2D eigenvalue weighted by Crippen LogP contribution is -2.36. The van der Waals surface area contributed by atoms with Crippen molar-refractivity contribution >= 4 is 29.2 Å². The number of alkyl carbamates (subject to hydrolysis) is 1. The van der Waals surface area contributed by atoms with Gasteiger partial charge in [-0.25, -0.2) is 4.79 Å². The Morgan fingerprint density at radius 1 is 1.41 bits per heavy atom. The summed E-state index contributed by atoms with van der Waals surface area (Å²) in [5, 5.41) is 14.6. The first-order valence-electron chi connectivity index (χ1n) is 9.12. The Kier molecular flexibility index (Phi) is 5.40. The molecule has 3 N–H and O–H groups in total. The van der Waals surface area contributed by atoms with Gasteiger partial charge in [-0.3, -0.25) is 9.89 Å². The van der Waals surface area contributed by atoms with Crippen molar-refractivity contribution < 1.29 is 19.1 Å². The van der Waals surface area contributed by atoms with Gasteiger partial charge < -0.3 is 20.1 Å². The van der Waals surface area contributed by atoms with Gasteiger partial charge in [-0.2, -0.15) is 5.10 Å². The fourth-order valence-corrected chi connectivity index (χ4v) is 3.92. The average molecular weight is 390 g/mol. The Hall–Kier alpha value is -2.39. The summed E-state index contributed by atoms with van der Waals surface area (Å²) in [7, 11) is 0. The SMILES string of the molecule is O=C(NCc1cccs1)O[C@H]1C[C@@H](c2cc(NC(=O)[C@H]3CCCO3)[nH]n2)C1. The van der Waals surface area contributed by atoms with Crippen LogP contribution in [-0.2, 0) is 20.8 Å². The van der Waals surface area contributed by atoms with Gasteiger partial charge in [0.15, 0.2) is 0 Å². The molecule has 2 aromatic rings. The number of anilines is 1. The van der Waals surface area contributed by atoms with Gasteiger partial charge >= 0.3 is 6.09 Å². The lowest BCUT2D eigenvalue weighted by molar-refractivity contribution is -0.124. The highest BCUT2D eigenvalue weighted by atomic mass is 32.1. The largest absolute Gasteiger partial charge is 0.446 e. The predicted octanol–water partition coefficient (Wildman–Crippen LogP) is 2.76. The highest BCUT2D eigenvalue weighted by molar-refractivity contribution is 7.09. The van der Waals surface area contributed by atoms with Crippen molar-refractivity contribution in [1.82, 2.24) is 15.5 Å². The molecule has 0 spiro atoms. The number of hydrogen-bond donors (Lipinski definition) is 3. The number of carbonyl (C=O) groups excluding carboxylic acids is 2. The van der Waals surface area contributed by atoms with E-state index in [1.165, 1.54) is 0 Å². The molecule has 9 heteroatoms. The Morgan fingerprint density at radius 3 is 3.04 bits per heavy atom. The summed E-state index contributed by atoms with van der Waals surface area (Å²) in [4.78, 5) is 25.0. The van der Waals surface area contributed by atoms with E-state index in [-0.39, 0.29) is 24.0 Å². The van der Waals surface area contributed by atoms with Gasteiger partial charge in [0.05, 0.1) is 12.2 Å². The third-order valence-corrected chi connectivity index (χ3v) is 5.73. The monoisotopic (exact) mass is 390 g/mol. The van der Waals surface area contributed by atoms with Gasteiger partial charge in [-0.1, -0.05) is 6.07 Å². The molecule has 1 saturated carbocycles. The van der Waals surface area contributed by atoms with Crippen molar-refractivity contribution in [3.05, 3.63) is 34.2 Å². The van der Waals surface area contributed by atoms with Gasteiger partial charge in [0, 0.05) is 23.5 Å². The van der Waals surface area contributed by atoms with Crippen molar-refractivity contribution in [2.45, 2.75) is 50.4 Å². The number of amides is 2. The second-order valence-corrected chi connectivity index (χ2v) is 7.86. The number of aromatic amines is 1. The molecule has 2 fully saturated rings. The van der Waals surface area contributed by atoms with Crippen molar-refractivity contribution in [2.24, 2.45) is 0 Å². The quantitative estimate of drug-likeness (QED) is 0.703. The van der Waals surface area contributed by atoms with Crippen molar-refractivity contribution in [3.8, 4) is 0 Å². The fraction of sp³-hybridized carbons (Fsp3) is 0.500. The lowest BCUT2D eigenvalue weighted by atomic mass is 9.80. The topological polar surface area (TPSA) is 105 Å². The minimum absolute atomic E-state index is 0.0973. The van der Waals surface area contributed by atoms with Crippen molar-refractivity contribution in [1.29, 1.82) is 0 Å². The minimum atomic E-state index is -0.390. The summed E-state index contributed by atoms with van der Waals surface area (Å²) in [6.07, 6.45) is 2.27. The smallest absolute Gasteiger partial charge is 0.407 e. The second-order valence-electron chi connectivity index (χ2n) is 6.83. The number of hydrogen-bond acceptors (Lipinski definition) is 6. The van der Waals surface area contributed by atoms with E-state index in [0.29, 0.717) is 19.0 Å². The molecule has 3 heterocycles. The van der Waals surface area contributed by atoms with Crippen LogP contribution in [0.25, 0.3) is 0 Å². The molecule has 2 amide bonds. The summed E-state index contributed by atoms with van der Waals surface area (Å²) in [6, 6.07) is 5.76. The summed E-state index contributed by atoms with van der Waals surface area (Å²) >= 11 is 1.60. The van der Waals surface area contributed by atoms with Crippen LogP contribution in [-0.4, -0.2) is 41.0 Å². The van der Waals surface area contributed by atoms with E-state index in [0.717, 1.165) is 36.3 Å². The average Bonchev–Trinajstić information content (AvgIpc) is 3.38. The van der Waals surface area contributed by atoms with E-state index >= 15 is 0 Å². The normalized spacial score (nSPS) is 24.2. The molecule has 0 bridgehead atoms. The minimum Gasteiger partial charge on any atom is -0.446 e. The molecule has 2 aliphatic rings. The third-order valence-electron chi connectivity index (χ3n) is 4.85. The molecule has 0 radical (unpaired) electrons. The van der Waals surface area contributed by atoms with Gasteiger partial charge in [0.1, 0.15) is 18.0 Å². The highest BCUT2D eigenvalue weighted by Gasteiger charge is 2.35. The van der Waals surface area contributed by atoms with Gasteiger partial charge in [0.2, 0.25) is 0 Å². The standard InChI is InChI=1S/C18H22N4O4S/c23-17(15-4-1-5-25-15)20-16-9-14(21-22-16)11-7-12(8-11)26-18(24)19-10-13-3-2-6-27-13/h2-3,6,9,11-12,15H,1,4-5,7-8,10H2,(H,19,24)(H2,20,21,22,23)/t11-,12+,15-/m1/s1. The number of ether oxygens (including phenoxy) is 2. The molecule has 0 aromatic carbocycles. The Morgan fingerprint density at radius 2 is 2.30 bits per heavy atom.